The van der Waals surface area contributed by atoms with Crippen LogP contribution in [0.25, 0.3) is 4.85 Å². The van der Waals surface area contributed by atoms with Crippen LogP contribution < -0.4 is 0 Å². The highest BCUT2D eigenvalue weighted by Gasteiger charge is 2.18. The van der Waals surface area contributed by atoms with E-state index in [1.165, 1.54) is 23.5 Å². The van der Waals surface area contributed by atoms with Crippen molar-refractivity contribution in [1.82, 2.24) is 9.97 Å². The minimum Gasteiger partial charge on any atom is -0.358 e. The zero-order chi connectivity index (χ0) is 16.8. The minimum absolute atomic E-state index is 0.0355. The third-order valence-corrected chi connectivity index (χ3v) is 5.04. The van der Waals surface area contributed by atoms with Crippen molar-refractivity contribution < 1.29 is 0 Å². The van der Waals surface area contributed by atoms with Gasteiger partial charge in [0.05, 0.1) is 0 Å². The zero-order valence-corrected chi connectivity index (χ0v) is 14.0. The van der Waals surface area contributed by atoms with Crippen LogP contribution in [0.15, 0.2) is 80.5 Å². The van der Waals surface area contributed by atoms with Crippen molar-refractivity contribution in [3.63, 3.8) is 0 Å². The molecule has 0 fully saturated rings. The summed E-state index contributed by atoms with van der Waals surface area (Å²) in [6.45, 7) is 7.21. The Hall–Kier alpha value is -2.80. The van der Waals surface area contributed by atoms with Gasteiger partial charge in [0.25, 0.3) is 0 Å². The van der Waals surface area contributed by atoms with E-state index in [4.69, 9.17) is 6.57 Å². The zero-order valence-electron chi connectivity index (χ0n) is 12.4. The van der Waals surface area contributed by atoms with Gasteiger partial charge in [-0.2, -0.15) is 5.26 Å². The van der Waals surface area contributed by atoms with Crippen LogP contribution in [0.5, 0.6) is 0 Å². The normalized spacial score (nSPS) is 9.92. The van der Waals surface area contributed by atoms with Gasteiger partial charge >= 0.3 is 5.82 Å². The molecule has 0 saturated carbocycles. The molecule has 1 heterocycles. The highest BCUT2D eigenvalue weighted by atomic mass is 32.2. The van der Waals surface area contributed by atoms with E-state index in [0.29, 0.717) is 10.1 Å². The second-order valence-corrected chi connectivity index (χ2v) is 6.68. The van der Waals surface area contributed by atoms with Crippen molar-refractivity contribution in [3.05, 3.63) is 77.8 Å². The molecule has 0 radical (unpaired) electrons. The lowest BCUT2D eigenvalue weighted by Gasteiger charge is -2.06. The molecule has 2 aromatic carbocycles. The molecule has 0 atom stereocenters. The van der Waals surface area contributed by atoms with E-state index in [-0.39, 0.29) is 11.5 Å². The van der Waals surface area contributed by atoms with E-state index in [0.717, 1.165) is 9.79 Å². The predicted molar refractivity (Wildman–Crippen MR) is 94.1 cm³/mol. The van der Waals surface area contributed by atoms with E-state index >= 15 is 0 Å². The van der Waals surface area contributed by atoms with Gasteiger partial charge in [0.15, 0.2) is 10.7 Å². The van der Waals surface area contributed by atoms with Gasteiger partial charge in [0, 0.05) is 9.79 Å². The summed E-state index contributed by atoms with van der Waals surface area (Å²) >= 11 is 2.87. The summed E-state index contributed by atoms with van der Waals surface area (Å²) < 4.78 is 0. The van der Waals surface area contributed by atoms with Crippen LogP contribution in [-0.4, -0.2) is 9.97 Å². The smallest absolute Gasteiger partial charge is 0.307 e. The summed E-state index contributed by atoms with van der Waals surface area (Å²) in [6, 6.07) is 21.5. The van der Waals surface area contributed by atoms with Crippen LogP contribution in [0.3, 0.4) is 0 Å². The lowest BCUT2D eigenvalue weighted by Crippen LogP contribution is -1.94. The summed E-state index contributed by atoms with van der Waals surface area (Å²) in [5, 5.41) is 10.5. The molecule has 1 aromatic heterocycles. The maximum atomic E-state index is 9.21. The van der Waals surface area contributed by atoms with Gasteiger partial charge in [-0.3, -0.25) is 0 Å². The van der Waals surface area contributed by atoms with Gasteiger partial charge in [-0.1, -0.05) is 54.7 Å². The fraction of sp³-hybridized carbons (Fsp3) is 0. The first kappa shape index (κ1) is 16.1. The molecule has 0 aliphatic heterocycles. The largest absolute Gasteiger partial charge is 0.358 e. The average Bonchev–Trinajstić information content (AvgIpc) is 2.64. The fourth-order valence-electron chi connectivity index (χ4n) is 1.88. The van der Waals surface area contributed by atoms with Gasteiger partial charge in [0.1, 0.15) is 6.07 Å². The van der Waals surface area contributed by atoms with Crippen LogP contribution in [0.4, 0.5) is 5.82 Å². The number of nitrogens with zero attached hydrogens (tertiary/aromatic N) is 4. The van der Waals surface area contributed by atoms with Gasteiger partial charge in [-0.05, 0) is 36.0 Å². The Morgan fingerprint density at radius 1 is 0.833 bits per heavy atom. The van der Waals surface area contributed by atoms with Crippen molar-refractivity contribution >= 4 is 29.3 Å². The van der Waals surface area contributed by atoms with Gasteiger partial charge in [-0.15, -0.1) is 4.98 Å². The molecule has 0 unspecified atom stereocenters. The lowest BCUT2D eigenvalue weighted by atomic mass is 10.4. The van der Waals surface area contributed by atoms with E-state index in [1.54, 1.807) is 0 Å². The first-order valence-corrected chi connectivity index (χ1v) is 8.59. The molecule has 4 nitrogen and oxygen atoms in total. The lowest BCUT2D eigenvalue weighted by molar-refractivity contribution is 0.919. The Bertz CT molecular complexity index is 850. The minimum atomic E-state index is 0.0355. The molecule has 0 spiro atoms. The van der Waals surface area contributed by atoms with Crippen LogP contribution in [0.2, 0.25) is 0 Å². The van der Waals surface area contributed by atoms with Gasteiger partial charge < -0.3 is 4.85 Å². The molecular formula is C18H10N4S2. The molecule has 0 aliphatic carbocycles. The maximum absolute atomic E-state index is 9.21. The standard InChI is InChI=1S/C18H10N4S2/c1-20-16-15(12-19)21-17(23-13-8-4-2-5-9-13)18(22-16)24-14-10-6-3-7-11-14/h2-11H. The third-order valence-electron chi connectivity index (χ3n) is 2.94. The first-order chi connectivity index (χ1) is 11.8. The predicted octanol–water partition coefficient (Wildman–Crippen LogP) is 5.20. The second-order valence-electron chi connectivity index (χ2n) is 4.56. The second kappa shape index (κ2) is 7.65. The summed E-state index contributed by atoms with van der Waals surface area (Å²) in [5.41, 5.74) is 0.0563. The quantitative estimate of drug-likeness (QED) is 0.608. The van der Waals surface area contributed by atoms with Crippen LogP contribution in [-0.2, 0) is 0 Å². The van der Waals surface area contributed by atoms with Crippen LogP contribution in [0.1, 0.15) is 5.69 Å². The van der Waals surface area contributed by atoms with Crippen LogP contribution >= 0.6 is 23.5 Å². The molecule has 0 amide bonds. The number of benzene rings is 2. The summed E-state index contributed by atoms with van der Waals surface area (Å²) in [4.78, 5) is 14.0. The molecule has 24 heavy (non-hydrogen) atoms. The topological polar surface area (TPSA) is 53.9 Å². The van der Waals surface area contributed by atoms with Crippen molar-refractivity contribution in [2.45, 2.75) is 19.8 Å². The molecule has 6 heteroatoms. The maximum Gasteiger partial charge on any atom is 0.307 e. The fourth-order valence-corrected chi connectivity index (χ4v) is 3.70. The Morgan fingerprint density at radius 3 is 1.79 bits per heavy atom. The van der Waals surface area contributed by atoms with Crippen molar-refractivity contribution in [1.29, 1.82) is 5.26 Å². The summed E-state index contributed by atoms with van der Waals surface area (Å²) in [7, 11) is 0. The van der Waals surface area contributed by atoms with E-state index in [9.17, 15) is 5.26 Å². The van der Waals surface area contributed by atoms with Gasteiger partial charge in [0.2, 0.25) is 5.03 Å². The summed E-state index contributed by atoms with van der Waals surface area (Å²) in [6.07, 6.45) is 0. The first-order valence-electron chi connectivity index (χ1n) is 6.95. The van der Waals surface area contributed by atoms with E-state index in [2.05, 4.69) is 14.8 Å². The van der Waals surface area contributed by atoms with E-state index in [1.807, 2.05) is 66.7 Å². The highest BCUT2D eigenvalue weighted by molar-refractivity contribution is 8.02. The summed E-state index contributed by atoms with van der Waals surface area (Å²) in [5.74, 6) is 0.0355. The number of rotatable bonds is 4. The number of nitriles is 1. The molecule has 0 saturated heterocycles. The Labute approximate surface area is 148 Å². The van der Waals surface area contributed by atoms with Gasteiger partial charge in [-0.25, -0.2) is 4.98 Å². The van der Waals surface area contributed by atoms with E-state index < -0.39 is 0 Å². The third kappa shape index (κ3) is 3.75. The molecule has 114 valence electrons. The molecule has 0 bridgehead atoms. The SMILES string of the molecule is [C-]#[N+]c1nc(Sc2ccccc2)c(Sc2ccccc2)nc1C#N. The highest BCUT2D eigenvalue weighted by Crippen LogP contribution is 2.38. The molecular weight excluding hydrogens is 336 g/mol. The van der Waals surface area contributed by atoms with Crippen molar-refractivity contribution in [2.24, 2.45) is 0 Å². The average molecular weight is 346 g/mol. The Kier molecular flexibility index (Phi) is 5.12. The van der Waals surface area contributed by atoms with Crippen molar-refractivity contribution in [2.75, 3.05) is 0 Å². The number of aromatic nitrogens is 2. The monoisotopic (exact) mass is 346 g/mol. The molecule has 0 N–H and O–H groups in total. The number of hydrogen-bond acceptors (Lipinski definition) is 5. The molecule has 3 rings (SSSR count). The molecule has 0 aliphatic rings. The number of hydrogen-bond donors (Lipinski definition) is 0. The Balaban J connectivity index is 2.04. The van der Waals surface area contributed by atoms with Crippen LogP contribution in [0, 0.1) is 17.9 Å². The Morgan fingerprint density at radius 2 is 1.33 bits per heavy atom. The molecule has 3 aromatic rings. The van der Waals surface area contributed by atoms with Crippen molar-refractivity contribution in [3.8, 4) is 6.07 Å².